The van der Waals surface area contributed by atoms with Gasteiger partial charge in [0.2, 0.25) is 0 Å². The number of nitrogens with zero attached hydrogens (tertiary/aromatic N) is 2. The molecule has 2 aromatic rings. The van der Waals surface area contributed by atoms with Gasteiger partial charge in [-0.2, -0.15) is 0 Å². The highest BCUT2D eigenvalue weighted by molar-refractivity contribution is 6.05. The van der Waals surface area contributed by atoms with Crippen molar-refractivity contribution in [2.45, 2.75) is 13.8 Å². The van der Waals surface area contributed by atoms with E-state index in [2.05, 4.69) is 56.1 Å². The normalized spacial score (nSPS) is 20.0. The molecule has 0 aliphatic carbocycles. The molecule has 0 fully saturated rings. The first-order chi connectivity index (χ1) is 10.2. The van der Waals surface area contributed by atoms with Crippen molar-refractivity contribution < 1.29 is 0 Å². The predicted molar refractivity (Wildman–Crippen MR) is 91.2 cm³/mol. The third-order valence-electron chi connectivity index (χ3n) is 4.10. The second-order valence-corrected chi connectivity index (χ2v) is 5.53. The highest BCUT2D eigenvalue weighted by atomic mass is 15.2. The number of anilines is 1. The van der Waals surface area contributed by atoms with E-state index in [0.717, 1.165) is 11.5 Å². The molecule has 0 N–H and O–H groups in total. The van der Waals surface area contributed by atoms with Gasteiger partial charge in [-0.25, -0.2) is 4.99 Å². The lowest BCUT2D eigenvalue weighted by atomic mass is 10.0. The fraction of sp³-hybridized carbons (Fsp3) is 0.211. The Morgan fingerprint density at radius 2 is 1.62 bits per heavy atom. The molecule has 1 aliphatic rings. The maximum Gasteiger partial charge on any atom is 0.116 e. The van der Waals surface area contributed by atoms with Crippen LogP contribution >= 0.6 is 0 Å². The molecule has 3 rings (SSSR count). The standard InChI is InChI=1S/C19H20N2/c1-14-13-16-9-7-8-12-18(16)21(3)19(15(14)2)20-17-10-5-4-6-11-17/h4-13,15H,1-3H3. The summed E-state index contributed by atoms with van der Waals surface area (Å²) in [5.41, 5.74) is 4.79. The molecule has 0 saturated carbocycles. The van der Waals surface area contributed by atoms with Crippen LogP contribution < -0.4 is 4.90 Å². The first-order valence-electron chi connectivity index (χ1n) is 7.31. The van der Waals surface area contributed by atoms with Crippen molar-refractivity contribution >= 4 is 23.3 Å². The van der Waals surface area contributed by atoms with Crippen molar-refractivity contribution in [2.24, 2.45) is 10.9 Å². The second kappa shape index (κ2) is 5.57. The van der Waals surface area contributed by atoms with Gasteiger partial charge >= 0.3 is 0 Å². The summed E-state index contributed by atoms with van der Waals surface area (Å²) in [5.74, 6) is 1.38. The van der Waals surface area contributed by atoms with E-state index >= 15 is 0 Å². The van der Waals surface area contributed by atoms with E-state index in [-0.39, 0.29) is 0 Å². The lowest BCUT2D eigenvalue weighted by molar-refractivity contribution is 0.899. The summed E-state index contributed by atoms with van der Waals surface area (Å²) in [6.45, 7) is 4.40. The first-order valence-corrected chi connectivity index (χ1v) is 7.31. The molecule has 2 aromatic carbocycles. The summed E-state index contributed by atoms with van der Waals surface area (Å²) in [6, 6.07) is 18.6. The zero-order chi connectivity index (χ0) is 14.8. The molecule has 2 heteroatoms. The largest absolute Gasteiger partial charge is 0.332 e. The second-order valence-electron chi connectivity index (χ2n) is 5.53. The highest BCUT2D eigenvalue weighted by Crippen LogP contribution is 2.31. The first kappa shape index (κ1) is 13.6. The third-order valence-corrected chi connectivity index (χ3v) is 4.10. The van der Waals surface area contributed by atoms with Crippen LogP contribution in [0, 0.1) is 5.92 Å². The van der Waals surface area contributed by atoms with Gasteiger partial charge < -0.3 is 4.90 Å². The Kier molecular flexibility index (Phi) is 3.61. The number of hydrogen-bond acceptors (Lipinski definition) is 1. The van der Waals surface area contributed by atoms with Crippen molar-refractivity contribution in [3.8, 4) is 0 Å². The number of benzene rings is 2. The Balaban J connectivity index is 2.13. The predicted octanol–water partition coefficient (Wildman–Crippen LogP) is 4.91. The fourth-order valence-electron chi connectivity index (χ4n) is 2.71. The van der Waals surface area contributed by atoms with Crippen LogP contribution in [0.2, 0.25) is 0 Å². The van der Waals surface area contributed by atoms with Gasteiger partial charge in [0.05, 0.1) is 5.69 Å². The molecule has 106 valence electrons. The van der Waals surface area contributed by atoms with Crippen LogP contribution in [0.25, 0.3) is 6.08 Å². The van der Waals surface area contributed by atoms with Crippen molar-refractivity contribution in [3.05, 3.63) is 65.7 Å². The molecule has 0 spiro atoms. The van der Waals surface area contributed by atoms with Crippen LogP contribution in [0.5, 0.6) is 0 Å². The molecule has 0 bridgehead atoms. The SMILES string of the molecule is CC1=Cc2ccccc2N(C)C(=Nc2ccccc2)C1C. The van der Waals surface area contributed by atoms with Gasteiger partial charge in [0.25, 0.3) is 0 Å². The molecule has 0 amide bonds. The molecule has 1 unspecified atom stereocenters. The minimum absolute atomic E-state index is 0.294. The number of fused-ring (bicyclic) bond motifs is 1. The van der Waals surface area contributed by atoms with E-state index < -0.39 is 0 Å². The smallest absolute Gasteiger partial charge is 0.116 e. The molecule has 0 aromatic heterocycles. The molecule has 2 nitrogen and oxygen atoms in total. The number of hydrogen-bond donors (Lipinski definition) is 0. The number of para-hydroxylation sites is 2. The Hall–Kier alpha value is -2.35. The van der Waals surface area contributed by atoms with Gasteiger partial charge in [-0.3, -0.25) is 0 Å². The average Bonchev–Trinajstić information content (AvgIpc) is 2.60. The van der Waals surface area contributed by atoms with Crippen LogP contribution in [0.4, 0.5) is 11.4 Å². The van der Waals surface area contributed by atoms with E-state index in [0.29, 0.717) is 5.92 Å². The third kappa shape index (κ3) is 2.62. The van der Waals surface area contributed by atoms with Gasteiger partial charge in [0.15, 0.2) is 0 Å². The Morgan fingerprint density at radius 3 is 2.38 bits per heavy atom. The summed E-state index contributed by atoms with van der Waals surface area (Å²) in [4.78, 5) is 7.10. The molecule has 0 saturated heterocycles. The molecular weight excluding hydrogens is 256 g/mol. The van der Waals surface area contributed by atoms with Gasteiger partial charge in [-0.05, 0) is 30.7 Å². The Morgan fingerprint density at radius 1 is 0.952 bits per heavy atom. The van der Waals surface area contributed by atoms with Crippen LogP contribution in [0.15, 0.2) is 65.2 Å². The summed E-state index contributed by atoms with van der Waals surface area (Å²) in [7, 11) is 2.10. The average molecular weight is 276 g/mol. The van der Waals surface area contributed by atoms with Gasteiger partial charge in [0, 0.05) is 18.7 Å². The lowest BCUT2D eigenvalue weighted by Crippen LogP contribution is -2.31. The Bertz CT molecular complexity index is 699. The molecule has 1 heterocycles. The summed E-state index contributed by atoms with van der Waals surface area (Å²) < 4.78 is 0. The quantitative estimate of drug-likeness (QED) is 0.723. The zero-order valence-corrected chi connectivity index (χ0v) is 12.7. The highest BCUT2D eigenvalue weighted by Gasteiger charge is 2.23. The zero-order valence-electron chi connectivity index (χ0n) is 12.7. The van der Waals surface area contributed by atoms with E-state index in [4.69, 9.17) is 4.99 Å². The van der Waals surface area contributed by atoms with E-state index in [1.807, 2.05) is 30.3 Å². The molecule has 1 atom stereocenters. The van der Waals surface area contributed by atoms with E-state index in [1.54, 1.807) is 0 Å². The van der Waals surface area contributed by atoms with E-state index in [9.17, 15) is 0 Å². The van der Waals surface area contributed by atoms with Crippen molar-refractivity contribution in [2.75, 3.05) is 11.9 Å². The maximum absolute atomic E-state index is 4.89. The van der Waals surface area contributed by atoms with Crippen LogP contribution in [0.3, 0.4) is 0 Å². The fourth-order valence-corrected chi connectivity index (χ4v) is 2.71. The van der Waals surface area contributed by atoms with Gasteiger partial charge in [0.1, 0.15) is 5.84 Å². The van der Waals surface area contributed by atoms with Gasteiger partial charge in [-0.15, -0.1) is 0 Å². The summed E-state index contributed by atoms with van der Waals surface area (Å²) in [5, 5.41) is 0. The molecule has 1 aliphatic heterocycles. The number of rotatable bonds is 1. The van der Waals surface area contributed by atoms with Crippen molar-refractivity contribution in [1.29, 1.82) is 0 Å². The van der Waals surface area contributed by atoms with Crippen LogP contribution in [0.1, 0.15) is 19.4 Å². The van der Waals surface area contributed by atoms with Gasteiger partial charge in [-0.1, -0.05) is 55.0 Å². The number of amidine groups is 1. The molecule has 0 radical (unpaired) electrons. The van der Waals surface area contributed by atoms with E-state index in [1.165, 1.54) is 16.8 Å². The van der Waals surface area contributed by atoms with Crippen molar-refractivity contribution in [3.63, 3.8) is 0 Å². The van der Waals surface area contributed by atoms with Crippen molar-refractivity contribution in [1.82, 2.24) is 0 Å². The van der Waals surface area contributed by atoms with Crippen LogP contribution in [-0.2, 0) is 0 Å². The minimum Gasteiger partial charge on any atom is -0.332 e. The summed E-state index contributed by atoms with van der Waals surface area (Å²) >= 11 is 0. The topological polar surface area (TPSA) is 15.6 Å². The van der Waals surface area contributed by atoms with Crippen LogP contribution in [-0.4, -0.2) is 12.9 Å². The Labute approximate surface area is 126 Å². The lowest BCUT2D eigenvalue weighted by Gasteiger charge is -2.25. The minimum atomic E-state index is 0.294. The monoisotopic (exact) mass is 276 g/mol. The number of aliphatic imine (C=N–C) groups is 1. The summed E-state index contributed by atoms with van der Waals surface area (Å²) in [6.07, 6.45) is 2.27. The molecular formula is C19H20N2. The molecule has 21 heavy (non-hydrogen) atoms. The maximum atomic E-state index is 4.89.